The minimum Gasteiger partial charge on any atom is -0.384 e. The third-order valence-corrected chi connectivity index (χ3v) is 3.77. The summed E-state index contributed by atoms with van der Waals surface area (Å²) in [7, 11) is 1.85. The zero-order chi connectivity index (χ0) is 14.4. The Kier molecular flexibility index (Phi) is 5.20. The molecule has 0 unspecified atom stereocenters. The number of benzene rings is 1. The van der Waals surface area contributed by atoms with Crippen molar-refractivity contribution in [3.8, 4) is 11.8 Å². The van der Waals surface area contributed by atoms with E-state index in [9.17, 15) is 4.79 Å². The van der Waals surface area contributed by atoms with Gasteiger partial charge in [0.25, 0.3) is 0 Å². The molecule has 1 aliphatic rings. The van der Waals surface area contributed by atoms with E-state index in [1.165, 1.54) is 19.3 Å². The van der Waals surface area contributed by atoms with Crippen molar-refractivity contribution in [2.24, 2.45) is 5.92 Å². The molecule has 0 atom stereocenters. The Bertz CT molecular complexity index is 523. The molecule has 0 radical (unpaired) electrons. The summed E-state index contributed by atoms with van der Waals surface area (Å²) in [6, 6.07) is 7.80. The summed E-state index contributed by atoms with van der Waals surface area (Å²) in [5.74, 6) is 6.35. The molecule has 106 valence electrons. The summed E-state index contributed by atoms with van der Waals surface area (Å²) in [6.07, 6.45) is 4.35. The van der Waals surface area contributed by atoms with Gasteiger partial charge in [-0.15, -0.1) is 0 Å². The topological polar surface area (TPSA) is 40.5 Å². The number of aliphatic hydroxyl groups is 1. The van der Waals surface area contributed by atoms with Gasteiger partial charge >= 0.3 is 0 Å². The molecule has 0 aromatic heterocycles. The van der Waals surface area contributed by atoms with Crippen molar-refractivity contribution in [1.29, 1.82) is 0 Å². The van der Waals surface area contributed by atoms with Crippen LogP contribution >= 0.6 is 0 Å². The first kappa shape index (κ1) is 14.6. The van der Waals surface area contributed by atoms with Crippen LogP contribution in [-0.4, -0.2) is 29.6 Å². The van der Waals surface area contributed by atoms with Gasteiger partial charge in [-0.25, -0.2) is 0 Å². The van der Waals surface area contributed by atoms with Crippen LogP contribution in [0, 0.1) is 17.8 Å². The van der Waals surface area contributed by atoms with Crippen LogP contribution in [0.4, 0.5) is 0 Å². The van der Waals surface area contributed by atoms with Crippen molar-refractivity contribution < 1.29 is 9.90 Å². The molecule has 1 amide bonds. The SMILES string of the molecule is CN(Cc1cccc(C#CCO)c1)C(=O)CC1CCC1. The molecule has 3 nitrogen and oxygen atoms in total. The Morgan fingerprint density at radius 3 is 2.90 bits per heavy atom. The van der Waals surface area contributed by atoms with Crippen molar-refractivity contribution in [1.82, 2.24) is 4.90 Å². The fourth-order valence-electron chi connectivity index (χ4n) is 2.35. The third kappa shape index (κ3) is 4.11. The lowest BCUT2D eigenvalue weighted by Gasteiger charge is -2.27. The highest BCUT2D eigenvalue weighted by Crippen LogP contribution is 2.29. The molecular weight excluding hydrogens is 250 g/mol. The van der Waals surface area contributed by atoms with E-state index >= 15 is 0 Å². The van der Waals surface area contributed by atoms with Gasteiger partial charge < -0.3 is 10.0 Å². The van der Waals surface area contributed by atoms with Crippen molar-refractivity contribution in [2.45, 2.75) is 32.2 Å². The molecule has 3 heteroatoms. The maximum absolute atomic E-state index is 12.1. The highest BCUT2D eigenvalue weighted by molar-refractivity contribution is 5.76. The van der Waals surface area contributed by atoms with Crippen molar-refractivity contribution in [2.75, 3.05) is 13.7 Å². The fraction of sp³-hybridized carbons (Fsp3) is 0.471. The molecule has 0 bridgehead atoms. The van der Waals surface area contributed by atoms with Crippen LogP contribution in [0.3, 0.4) is 0 Å². The van der Waals surface area contributed by atoms with E-state index in [4.69, 9.17) is 5.11 Å². The molecule has 20 heavy (non-hydrogen) atoms. The lowest BCUT2D eigenvalue weighted by molar-refractivity contribution is -0.132. The molecule has 0 saturated heterocycles. The summed E-state index contributed by atoms with van der Waals surface area (Å²) in [4.78, 5) is 13.9. The van der Waals surface area contributed by atoms with Crippen LogP contribution in [0.1, 0.15) is 36.8 Å². The number of amides is 1. The van der Waals surface area contributed by atoms with Crippen LogP contribution in [-0.2, 0) is 11.3 Å². The number of nitrogens with zero attached hydrogens (tertiary/aromatic N) is 1. The molecule has 1 aromatic carbocycles. The van der Waals surface area contributed by atoms with E-state index in [0.29, 0.717) is 18.9 Å². The molecule has 1 N–H and O–H groups in total. The van der Waals surface area contributed by atoms with Crippen LogP contribution < -0.4 is 0 Å². The maximum atomic E-state index is 12.1. The minimum absolute atomic E-state index is 0.135. The molecule has 1 saturated carbocycles. The first-order valence-corrected chi connectivity index (χ1v) is 7.11. The molecule has 2 rings (SSSR count). The van der Waals surface area contributed by atoms with E-state index in [0.717, 1.165) is 11.1 Å². The second-order valence-corrected chi connectivity index (χ2v) is 5.41. The van der Waals surface area contributed by atoms with Gasteiger partial charge in [0, 0.05) is 25.6 Å². The van der Waals surface area contributed by atoms with E-state index in [2.05, 4.69) is 11.8 Å². The molecule has 1 aromatic rings. The second kappa shape index (κ2) is 7.12. The summed E-state index contributed by atoms with van der Waals surface area (Å²) >= 11 is 0. The quantitative estimate of drug-likeness (QED) is 0.853. The van der Waals surface area contributed by atoms with E-state index in [1.807, 2.05) is 31.3 Å². The predicted molar refractivity (Wildman–Crippen MR) is 78.8 cm³/mol. The lowest BCUT2D eigenvalue weighted by atomic mass is 9.83. The molecule has 0 spiro atoms. The first-order valence-electron chi connectivity index (χ1n) is 7.11. The zero-order valence-electron chi connectivity index (χ0n) is 11.9. The van der Waals surface area contributed by atoms with Crippen molar-refractivity contribution in [3.05, 3.63) is 35.4 Å². The fourth-order valence-corrected chi connectivity index (χ4v) is 2.35. The van der Waals surface area contributed by atoms with Gasteiger partial charge in [-0.2, -0.15) is 0 Å². The normalized spacial score (nSPS) is 14.1. The summed E-state index contributed by atoms with van der Waals surface area (Å²) in [5.41, 5.74) is 1.94. The second-order valence-electron chi connectivity index (χ2n) is 5.41. The van der Waals surface area contributed by atoms with Gasteiger partial charge in [0.15, 0.2) is 0 Å². The van der Waals surface area contributed by atoms with Crippen LogP contribution in [0.25, 0.3) is 0 Å². The average Bonchev–Trinajstić information content (AvgIpc) is 2.40. The third-order valence-electron chi connectivity index (χ3n) is 3.77. The van der Waals surface area contributed by atoms with Crippen LogP contribution in [0.15, 0.2) is 24.3 Å². The Balaban J connectivity index is 1.92. The number of aliphatic hydroxyl groups excluding tert-OH is 1. The highest BCUT2D eigenvalue weighted by Gasteiger charge is 2.22. The van der Waals surface area contributed by atoms with Crippen molar-refractivity contribution >= 4 is 5.91 Å². The number of hydrogen-bond acceptors (Lipinski definition) is 2. The number of carbonyl (C=O) groups excluding carboxylic acids is 1. The Hall–Kier alpha value is -1.79. The highest BCUT2D eigenvalue weighted by atomic mass is 16.2. The number of carbonyl (C=O) groups is 1. The van der Waals surface area contributed by atoms with Gasteiger partial charge in [-0.1, -0.05) is 30.4 Å². The van der Waals surface area contributed by atoms with Crippen LogP contribution in [0.5, 0.6) is 0 Å². The molecule has 1 fully saturated rings. The van der Waals surface area contributed by atoms with Crippen molar-refractivity contribution in [3.63, 3.8) is 0 Å². The largest absolute Gasteiger partial charge is 0.384 e. The maximum Gasteiger partial charge on any atom is 0.222 e. The molecule has 0 aliphatic heterocycles. The molecule has 0 heterocycles. The minimum atomic E-state index is -0.135. The monoisotopic (exact) mass is 271 g/mol. The van der Waals surface area contributed by atoms with Gasteiger partial charge in [0.05, 0.1) is 0 Å². The first-order chi connectivity index (χ1) is 9.69. The van der Waals surface area contributed by atoms with Gasteiger partial charge in [0.1, 0.15) is 6.61 Å². The Morgan fingerprint density at radius 1 is 1.45 bits per heavy atom. The number of rotatable bonds is 4. The van der Waals surface area contributed by atoms with Gasteiger partial charge in [0.2, 0.25) is 5.91 Å². The van der Waals surface area contributed by atoms with Gasteiger partial charge in [-0.05, 0) is 36.5 Å². The predicted octanol–water partition coefficient (Wildman–Crippen LogP) is 2.18. The number of hydrogen-bond donors (Lipinski definition) is 1. The smallest absolute Gasteiger partial charge is 0.222 e. The van der Waals surface area contributed by atoms with E-state index in [-0.39, 0.29) is 12.5 Å². The van der Waals surface area contributed by atoms with Gasteiger partial charge in [-0.3, -0.25) is 4.79 Å². The molecular formula is C17H21NO2. The summed E-state index contributed by atoms with van der Waals surface area (Å²) in [5, 5.41) is 8.70. The Morgan fingerprint density at radius 2 is 2.25 bits per heavy atom. The summed E-state index contributed by atoms with van der Waals surface area (Å²) < 4.78 is 0. The molecule has 1 aliphatic carbocycles. The Labute approximate surface area is 120 Å². The average molecular weight is 271 g/mol. The zero-order valence-corrected chi connectivity index (χ0v) is 11.9. The van der Waals surface area contributed by atoms with E-state index in [1.54, 1.807) is 4.90 Å². The van der Waals surface area contributed by atoms with E-state index < -0.39 is 0 Å². The lowest BCUT2D eigenvalue weighted by Crippen LogP contribution is -2.29. The summed E-state index contributed by atoms with van der Waals surface area (Å²) in [6.45, 7) is 0.476. The standard InChI is InChI=1S/C17H21NO2/c1-18(17(20)12-15-6-2-7-15)13-16-8-3-5-14(11-16)9-4-10-19/h3,5,8,11,15,19H,2,6-7,10,12-13H2,1H3. The van der Waals surface area contributed by atoms with Crippen LogP contribution in [0.2, 0.25) is 0 Å².